The Hall–Kier alpha value is -1.65. The number of rotatable bonds is 5. The number of carbonyl (C=O) groups excluding carboxylic acids is 1. The van der Waals surface area contributed by atoms with Crippen LogP contribution in [0.1, 0.15) is 38.2 Å². The Balaban J connectivity index is 1.79. The second-order valence-corrected chi connectivity index (χ2v) is 5.72. The van der Waals surface area contributed by atoms with Crippen LogP contribution in [0.2, 0.25) is 0 Å². The van der Waals surface area contributed by atoms with Gasteiger partial charge < -0.3 is 10.1 Å². The van der Waals surface area contributed by atoms with Gasteiger partial charge in [0.2, 0.25) is 5.91 Å². The molecule has 0 spiro atoms. The lowest BCUT2D eigenvalue weighted by atomic mass is 9.87. The topological polar surface area (TPSA) is 38.3 Å². The number of hydrogen-bond acceptors (Lipinski definition) is 2. The van der Waals surface area contributed by atoms with Gasteiger partial charge >= 0.3 is 6.61 Å². The molecule has 1 aromatic carbocycles. The highest BCUT2D eigenvalue weighted by Gasteiger charge is 2.19. The maximum Gasteiger partial charge on any atom is 0.387 e. The average molecular weight is 297 g/mol. The zero-order valence-corrected chi connectivity index (χ0v) is 12.1. The van der Waals surface area contributed by atoms with Crippen molar-refractivity contribution in [2.24, 2.45) is 5.92 Å². The van der Waals surface area contributed by atoms with Crippen LogP contribution in [0.25, 0.3) is 0 Å². The second kappa shape index (κ2) is 7.38. The van der Waals surface area contributed by atoms with Crippen LogP contribution in [-0.4, -0.2) is 18.6 Å². The molecule has 0 unspecified atom stereocenters. The number of amides is 1. The molecule has 1 aromatic rings. The van der Waals surface area contributed by atoms with E-state index in [1.54, 1.807) is 12.1 Å². The molecule has 1 aliphatic rings. The van der Waals surface area contributed by atoms with Crippen LogP contribution in [0.3, 0.4) is 0 Å². The molecule has 0 atom stereocenters. The van der Waals surface area contributed by atoms with E-state index in [-0.39, 0.29) is 24.1 Å². The highest BCUT2D eigenvalue weighted by molar-refractivity contribution is 5.78. The number of carbonyl (C=O) groups is 1. The quantitative estimate of drug-likeness (QED) is 0.903. The molecule has 0 radical (unpaired) electrons. The van der Waals surface area contributed by atoms with Gasteiger partial charge in [-0.1, -0.05) is 19.1 Å². The van der Waals surface area contributed by atoms with Gasteiger partial charge in [-0.15, -0.1) is 0 Å². The van der Waals surface area contributed by atoms with E-state index in [1.807, 2.05) is 0 Å². The van der Waals surface area contributed by atoms with E-state index in [4.69, 9.17) is 0 Å². The summed E-state index contributed by atoms with van der Waals surface area (Å²) in [5.41, 5.74) is 0.790. The molecule has 5 heteroatoms. The summed E-state index contributed by atoms with van der Waals surface area (Å²) in [6, 6.07) is 6.46. The van der Waals surface area contributed by atoms with Crippen molar-refractivity contribution < 1.29 is 18.3 Å². The van der Waals surface area contributed by atoms with Gasteiger partial charge in [-0.25, -0.2) is 0 Å². The first-order chi connectivity index (χ1) is 10.0. The monoisotopic (exact) mass is 297 g/mol. The molecule has 0 saturated heterocycles. The van der Waals surface area contributed by atoms with Gasteiger partial charge in [-0.2, -0.15) is 8.78 Å². The van der Waals surface area contributed by atoms with Crippen molar-refractivity contribution in [2.75, 3.05) is 0 Å². The number of benzene rings is 1. The lowest BCUT2D eigenvalue weighted by Crippen LogP contribution is -2.38. The van der Waals surface area contributed by atoms with E-state index in [0.717, 1.165) is 37.2 Å². The third-order valence-corrected chi connectivity index (χ3v) is 3.89. The van der Waals surface area contributed by atoms with Crippen LogP contribution in [0.4, 0.5) is 8.78 Å². The van der Waals surface area contributed by atoms with Crippen molar-refractivity contribution >= 4 is 5.91 Å². The molecule has 0 aliphatic heterocycles. The van der Waals surface area contributed by atoms with Gasteiger partial charge in [0.25, 0.3) is 0 Å². The molecule has 3 nitrogen and oxygen atoms in total. The van der Waals surface area contributed by atoms with Crippen molar-refractivity contribution in [1.82, 2.24) is 5.32 Å². The predicted molar refractivity (Wildman–Crippen MR) is 76.3 cm³/mol. The Bertz CT molecular complexity index is 454. The molecule has 2 rings (SSSR count). The number of halogens is 2. The van der Waals surface area contributed by atoms with E-state index < -0.39 is 6.61 Å². The smallest absolute Gasteiger partial charge is 0.387 e. The highest BCUT2D eigenvalue weighted by atomic mass is 19.3. The fourth-order valence-corrected chi connectivity index (χ4v) is 2.66. The van der Waals surface area contributed by atoms with Crippen molar-refractivity contribution in [2.45, 2.75) is 51.7 Å². The first kappa shape index (κ1) is 15.7. The zero-order chi connectivity index (χ0) is 15.2. The lowest BCUT2D eigenvalue weighted by molar-refractivity contribution is -0.121. The van der Waals surface area contributed by atoms with E-state index >= 15 is 0 Å². The SMILES string of the molecule is CC1CCC(NC(=O)Cc2ccc(OC(F)F)cc2)CC1. The Labute approximate surface area is 123 Å². The molecular weight excluding hydrogens is 276 g/mol. The van der Waals surface area contributed by atoms with Crippen LogP contribution < -0.4 is 10.1 Å². The number of nitrogens with one attached hydrogen (secondary N) is 1. The third kappa shape index (κ3) is 5.33. The fraction of sp³-hybridized carbons (Fsp3) is 0.562. The van der Waals surface area contributed by atoms with E-state index in [1.165, 1.54) is 12.1 Å². The standard InChI is InChI=1S/C16H21F2NO2/c1-11-2-6-13(7-3-11)19-15(20)10-12-4-8-14(9-5-12)21-16(17)18/h4-5,8-9,11,13,16H,2-3,6-7,10H2,1H3,(H,19,20). The number of alkyl halides is 2. The zero-order valence-electron chi connectivity index (χ0n) is 12.1. The van der Waals surface area contributed by atoms with Gasteiger partial charge in [0.05, 0.1) is 6.42 Å². The lowest BCUT2D eigenvalue weighted by Gasteiger charge is -2.26. The summed E-state index contributed by atoms with van der Waals surface area (Å²) in [4.78, 5) is 12.0. The highest BCUT2D eigenvalue weighted by Crippen LogP contribution is 2.23. The first-order valence-corrected chi connectivity index (χ1v) is 7.36. The summed E-state index contributed by atoms with van der Waals surface area (Å²) in [6.45, 7) is -0.589. The minimum absolute atomic E-state index is 0.0166. The average Bonchev–Trinajstić information content (AvgIpc) is 2.43. The van der Waals surface area contributed by atoms with E-state index in [9.17, 15) is 13.6 Å². The molecule has 1 N–H and O–H groups in total. The van der Waals surface area contributed by atoms with E-state index in [0.29, 0.717) is 0 Å². The summed E-state index contributed by atoms with van der Waals surface area (Å²) in [5, 5.41) is 3.04. The van der Waals surface area contributed by atoms with Crippen LogP contribution in [0.5, 0.6) is 5.75 Å². The number of ether oxygens (including phenoxy) is 1. The Morgan fingerprint density at radius 3 is 2.43 bits per heavy atom. The van der Waals surface area contributed by atoms with Crippen molar-refractivity contribution in [3.8, 4) is 5.75 Å². The third-order valence-electron chi connectivity index (χ3n) is 3.89. The van der Waals surface area contributed by atoms with Gasteiger partial charge in [0, 0.05) is 6.04 Å². The predicted octanol–water partition coefficient (Wildman–Crippen LogP) is 3.53. The molecule has 1 fully saturated rings. The molecule has 0 aromatic heterocycles. The molecule has 1 saturated carbocycles. The van der Waals surface area contributed by atoms with Gasteiger partial charge in [-0.3, -0.25) is 4.79 Å². The Kier molecular flexibility index (Phi) is 5.53. The molecule has 116 valence electrons. The maximum atomic E-state index is 12.0. The van der Waals surface area contributed by atoms with Gasteiger partial charge in [0.15, 0.2) is 0 Å². The summed E-state index contributed by atoms with van der Waals surface area (Å²) in [6.07, 6.45) is 4.65. The molecule has 0 heterocycles. The number of hydrogen-bond donors (Lipinski definition) is 1. The fourth-order valence-electron chi connectivity index (χ4n) is 2.66. The van der Waals surface area contributed by atoms with Crippen molar-refractivity contribution in [3.63, 3.8) is 0 Å². The molecule has 21 heavy (non-hydrogen) atoms. The maximum absolute atomic E-state index is 12.0. The summed E-state index contributed by atoms with van der Waals surface area (Å²) in [7, 11) is 0. The van der Waals surface area contributed by atoms with Crippen molar-refractivity contribution in [3.05, 3.63) is 29.8 Å². The minimum atomic E-state index is -2.83. The summed E-state index contributed by atoms with van der Waals surface area (Å²) < 4.78 is 28.3. The molecule has 0 bridgehead atoms. The molecule has 1 aliphatic carbocycles. The van der Waals surface area contributed by atoms with Crippen LogP contribution >= 0.6 is 0 Å². The Morgan fingerprint density at radius 2 is 1.86 bits per heavy atom. The van der Waals surface area contributed by atoms with E-state index in [2.05, 4.69) is 17.0 Å². The van der Waals surface area contributed by atoms with Crippen molar-refractivity contribution in [1.29, 1.82) is 0 Å². The van der Waals surface area contributed by atoms with Gasteiger partial charge in [0.1, 0.15) is 5.75 Å². The largest absolute Gasteiger partial charge is 0.435 e. The second-order valence-electron chi connectivity index (χ2n) is 5.72. The van der Waals surface area contributed by atoms with Gasteiger partial charge in [-0.05, 0) is 49.3 Å². The first-order valence-electron chi connectivity index (χ1n) is 7.36. The molecular formula is C16H21F2NO2. The Morgan fingerprint density at radius 1 is 1.24 bits per heavy atom. The summed E-state index contributed by atoms with van der Waals surface area (Å²) >= 11 is 0. The van der Waals surface area contributed by atoms with Crippen LogP contribution in [0.15, 0.2) is 24.3 Å². The van der Waals surface area contributed by atoms with Crippen LogP contribution in [0, 0.1) is 5.92 Å². The minimum Gasteiger partial charge on any atom is -0.435 e. The normalized spacial score (nSPS) is 22.1. The van der Waals surface area contributed by atoms with Crippen LogP contribution in [-0.2, 0) is 11.2 Å². The molecule has 1 amide bonds. The summed E-state index contributed by atoms with van der Waals surface area (Å²) in [5.74, 6) is 0.841.